The zero-order chi connectivity index (χ0) is 20.0. The zero-order valence-corrected chi connectivity index (χ0v) is 20.3. The second-order valence-electron chi connectivity index (χ2n) is 9.66. The minimum atomic E-state index is 0.126. The minimum Gasteiger partial charge on any atom is -0.282 e. The second kappa shape index (κ2) is 7.18. The molecule has 0 aliphatic rings. The van der Waals surface area contributed by atoms with E-state index in [4.69, 9.17) is 0 Å². The van der Waals surface area contributed by atoms with Crippen LogP contribution in [0.5, 0.6) is 0 Å². The van der Waals surface area contributed by atoms with Crippen molar-refractivity contribution in [3.05, 3.63) is 57.6 Å². The summed E-state index contributed by atoms with van der Waals surface area (Å²) in [7, 11) is 0. The predicted molar refractivity (Wildman–Crippen MR) is 125 cm³/mol. The van der Waals surface area contributed by atoms with Gasteiger partial charge in [-0.25, -0.2) is 0 Å². The largest absolute Gasteiger partial charge is 0.282 e. The number of halogens is 1. The van der Waals surface area contributed by atoms with Crippen LogP contribution in [0.2, 0.25) is 0 Å². The van der Waals surface area contributed by atoms with Crippen LogP contribution in [0.3, 0.4) is 0 Å². The summed E-state index contributed by atoms with van der Waals surface area (Å²) in [5.41, 5.74) is 11.1. The molecule has 2 aromatic carbocycles. The lowest BCUT2D eigenvalue weighted by atomic mass is 9.80. The quantitative estimate of drug-likeness (QED) is 0.322. The summed E-state index contributed by atoms with van der Waals surface area (Å²) in [6.07, 6.45) is 0. The van der Waals surface area contributed by atoms with Crippen molar-refractivity contribution in [3.8, 4) is 0 Å². The third-order valence-corrected chi connectivity index (χ3v) is 6.43. The number of benzene rings is 2. The van der Waals surface area contributed by atoms with Gasteiger partial charge in [0.05, 0.1) is 34.2 Å². The predicted octanol–water partition coefficient (Wildman–Crippen LogP) is 8.00. The molecular weight excluding hydrogens is 429 g/mol. The van der Waals surface area contributed by atoms with Crippen LogP contribution in [0.15, 0.2) is 24.3 Å². The van der Waals surface area contributed by atoms with E-state index in [0.717, 1.165) is 0 Å². The lowest BCUT2D eigenvalue weighted by molar-refractivity contribution is 0.569. The average Bonchev–Trinajstić information content (AvgIpc) is 2.50. The maximum absolute atomic E-state index is 2.48. The highest BCUT2D eigenvalue weighted by atomic mass is 127. The Morgan fingerprint density at radius 2 is 1.12 bits per heavy atom. The lowest BCUT2D eigenvalue weighted by Gasteiger charge is -2.29. The molecule has 142 valence electrons. The summed E-state index contributed by atoms with van der Waals surface area (Å²) in [5, 5.41) is 0. The standard InChI is InChI=1S/C24H34IN/c1-15-11-16(2)22(18(4)17(15)3)26(25)21-13-19(23(5,6)7)12-20(14-21)24(8,9)10/h11-14H,1-10H3. The molecule has 2 rings (SSSR count). The number of anilines is 2. The van der Waals surface area contributed by atoms with Gasteiger partial charge in [-0.3, -0.25) is 3.11 Å². The topological polar surface area (TPSA) is 3.24 Å². The van der Waals surface area contributed by atoms with Crippen molar-refractivity contribution in [1.29, 1.82) is 0 Å². The zero-order valence-electron chi connectivity index (χ0n) is 18.1. The summed E-state index contributed by atoms with van der Waals surface area (Å²) in [6, 6.07) is 9.40. The van der Waals surface area contributed by atoms with E-state index in [0.29, 0.717) is 0 Å². The molecule has 0 heterocycles. The van der Waals surface area contributed by atoms with Crippen LogP contribution in [0.25, 0.3) is 0 Å². The Labute approximate surface area is 174 Å². The van der Waals surface area contributed by atoms with Crippen molar-refractivity contribution in [2.75, 3.05) is 3.11 Å². The molecule has 0 amide bonds. The number of rotatable bonds is 2. The van der Waals surface area contributed by atoms with Gasteiger partial charge < -0.3 is 0 Å². The highest BCUT2D eigenvalue weighted by Gasteiger charge is 2.23. The molecule has 26 heavy (non-hydrogen) atoms. The minimum absolute atomic E-state index is 0.126. The Morgan fingerprint density at radius 1 is 0.654 bits per heavy atom. The smallest absolute Gasteiger partial charge is 0.0646 e. The van der Waals surface area contributed by atoms with Gasteiger partial charge in [0.15, 0.2) is 0 Å². The first-order valence-corrected chi connectivity index (χ1v) is 10.4. The van der Waals surface area contributed by atoms with Gasteiger partial charge in [-0.1, -0.05) is 53.7 Å². The van der Waals surface area contributed by atoms with Gasteiger partial charge in [0.1, 0.15) is 0 Å². The summed E-state index contributed by atoms with van der Waals surface area (Å²) >= 11 is 2.48. The van der Waals surface area contributed by atoms with Crippen LogP contribution in [0, 0.1) is 27.7 Å². The molecule has 0 aromatic heterocycles. The van der Waals surface area contributed by atoms with Gasteiger partial charge in [0.25, 0.3) is 0 Å². The molecule has 0 radical (unpaired) electrons. The first kappa shape index (κ1) is 21.3. The normalized spacial score (nSPS) is 12.4. The Kier molecular flexibility index (Phi) is 5.87. The summed E-state index contributed by atoms with van der Waals surface area (Å²) in [5.74, 6) is 0. The Bertz CT molecular complexity index is 787. The van der Waals surface area contributed by atoms with Crippen molar-refractivity contribution < 1.29 is 0 Å². The van der Waals surface area contributed by atoms with Crippen LogP contribution >= 0.6 is 22.9 Å². The van der Waals surface area contributed by atoms with Gasteiger partial charge in [0.2, 0.25) is 0 Å². The molecule has 0 bridgehead atoms. The second-order valence-corrected chi connectivity index (χ2v) is 10.6. The van der Waals surface area contributed by atoms with E-state index in [9.17, 15) is 0 Å². The van der Waals surface area contributed by atoms with Crippen LogP contribution in [0.4, 0.5) is 11.4 Å². The fourth-order valence-electron chi connectivity index (χ4n) is 3.29. The monoisotopic (exact) mass is 463 g/mol. The highest BCUT2D eigenvalue weighted by molar-refractivity contribution is 14.1. The van der Waals surface area contributed by atoms with E-state index in [1.165, 1.54) is 44.8 Å². The van der Waals surface area contributed by atoms with E-state index in [-0.39, 0.29) is 10.8 Å². The van der Waals surface area contributed by atoms with Crippen molar-refractivity contribution in [3.63, 3.8) is 0 Å². The summed E-state index contributed by atoms with van der Waals surface area (Å²) in [6.45, 7) is 22.7. The third kappa shape index (κ3) is 4.27. The molecular formula is C24H34IN. The molecule has 2 heteroatoms. The van der Waals surface area contributed by atoms with Crippen LogP contribution in [-0.4, -0.2) is 0 Å². The van der Waals surface area contributed by atoms with Gasteiger partial charge in [-0.2, -0.15) is 0 Å². The number of aryl methyl sites for hydroxylation is 2. The molecule has 0 saturated carbocycles. The van der Waals surface area contributed by atoms with Gasteiger partial charge in [-0.15, -0.1) is 0 Å². The first-order chi connectivity index (χ1) is 11.7. The van der Waals surface area contributed by atoms with Crippen LogP contribution < -0.4 is 3.11 Å². The van der Waals surface area contributed by atoms with Gasteiger partial charge in [0, 0.05) is 0 Å². The fraction of sp³-hybridized carbons (Fsp3) is 0.500. The molecule has 0 atom stereocenters. The third-order valence-electron chi connectivity index (χ3n) is 5.39. The Morgan fingerprint density at radius 3 is 1.54 bits per heavy atom. The van der Waals surface area contributed by atoms with Crippen molar-refractivity contribution >= 4 is 34.2 Å². The molecule has 0 saturated heterocycles. The lowest BCUT2D eigenvalue weighted by Crippen LogP contribution is -2.18. The van der Waals surface area contributed by atoms with E-state index in [1.54, 1.807) is 0 Å². The van der Waals surface area contributed by atoms with Crippen LogP contribution in [0.1, 0.15) is 74.9 Å². The Hall–Kier alpha value is -1.03. The molecule has 0 aliphatic carbocycles. The molecule has 2 aromatic rings. The van der Waals surface area contributed by atoms with Crippen molar-refractivity contribution in [2.45, 2.75) is 80.1 Å². The summed E-state index contributed by atoms with van der Waals surface area (Å²) in [4.78, 5) is 0. The average molecular weight is 463 g/mol. The maximum atomic E-state index is 2.48. The highest BCUT2D eigenvalue weighted by Crippen LogP contribution is 2.40. The molecule has 0 unspecified atom stereocenters. The van der Waals surface area contributed by atoms with E-state index >= 15 is 0 Å². The maximum Gasteiger partial charge on any atom is 0.0646 e. The number of hydrogen-bond donors (Lipinski definition) is 0. The Balaban J connectivity index is 2.70. The molecule has 0 spiro atoms. The molecule has 0 aliphatic heterocycles. The number of nitrogens with zero attached hydrogens (tertiary/aromatic N) is 1. The van der Waals surface area contributed by atoms with Crippen molar-refractivity contribution in [2.24, 2.45) is 0 Å². The first-order valence-electron chi connectivity index (χ1n) is 9.43. The SMILES string of the molecule is Cc1cc(C)c(N(I)c2cc(C(C)(C)C)cc(C(C)(C)C)c2)c(C)c1C. The van der Waals surface area contributed by atoms with E-state index in [2.05, 4.69) is 119 Å². The van der Waals surface area contributed by atoms with Crippen molar-refractivity contribution in [1.82, 2.24) is 0 Å². The van der Waals surface area contributed by atoms with Gasteiger partial charge >= 0.3 is 0 Å². The van der Waals surface area contributed by atoms with Crippen LogP contribution in [-0.2, 0) is 10.8 Å². The summed E-state index contributed by atoms with van der Waals surface area (Å²) < 4.78 is 2.35. The molecule has 1 nitrogen and oxygen atoms in total. The number of hydrogen-bond acceptors (Lipinski definition) is 1. The fourth-order valence-corrected chi connectivity index (χ4v) is 4.31. The van der Waals surface area contributed by atoms with Gasteiger partial charge in [-0.05, 0) is 84.0 Å². The van der Waals surface area contributed by atoms with E-state index < -0.39 is 0 Å². The molecule has 0 fully saturated rings. The molecule has 0 N–H and O–H groups in total. The van der Waals surface area contributed by atoms with E-state index in [1.807, 2.05) is 0 Å².